The molecule has 2 aromatic carbocycles. The maximum atomic E-state index is 5.82. The molecule has 18 heavy (non-hydrogen) atoms. The van der Waals surface area contributed by atoms with E-state index in [4.69, 9.17) is 10.5 Å². The van der Waals surface area contributed by atoms with E-state index in [0.29, 0.717) is 12.5 Å². The van der Waals surface area contributed by atoms with Gasteiger partial charge in [-0.3, -0.25) is 0 Å². The molecule has 2 nitrogen and oxygen atoms in total. The number of rotatable bonds is 5. The number of hydrogen-bond donors (Lipinski definition) is 1. The molecule has 0 radical (unpaired) electrons. The van der Waals surface area contributed by atoms with E-state index in [1.165, 1.54) is 5.56 Å². The van der Waals surface area contributed by atoms with Gasteiger partial charge in [0.25, 0.3) is 0 Å². The lowest BCUT2D eigenvalue weighted by Gasteiger charge is -2.12. The van der Waals surface area contributed by atoms with Crippen molar-refractivity contribution in [2.45, 2.75) is 19.3 Å². The van der Waals surface area contributed by atoms with E-state index in [2.05, 4.69) is 19.1 Å². The average molecular weight is 241 g/mol. The molecule has 0 aliphatic carbocycles. The highest BCUT2D eigenvalue weighted by Crippen LogP contribution is 2.26. The van der Waals surface area contributed by atoms with Crippen LogP contribution in [-0.4, -0.2) is 6.54 Å². The summed E-state index contributed by atoms with van der Waals surface area (Å²) < 4.78 is 5.82. The van der Waals surface area contributed by atoms with E-state index in [1.807, 2.05) is 42.5 Å². The van der Waals surface area contributed by atoms with Crippen LogP contribution in [0, 0.1) is 0 Å². The Bertz CT molecular complexity index is 481. The van der Waals surface area contributed by atoms with Crippen LogP contribution in [0.5, 0.6) is 11.5 Å². The van der Waals surface area contributed by atoms with Crippen LogP contribution in [0.3, 0.4) is 0 Å². The average Bonchev–Trinajstić information content (AvgIpc) is 2.40. The normalized spacial score (nSPS) is 12.1. The van der Waals surface area contributed by atoms with Gasteiger partial charge < -0.3 is 10.5 Å². The summed E-state index contributed by atoms with van der Waals surface area (Å²) in [5.74, 6) is 2.21. The van der Waals surface area contributed by atoms with Crippen molar-refractivity contribution in [2.24, 2.45) is 5.73 Å². The summed E-state index contributed by atoms with van der Waals surface area (Å²) in [4.78, 5) is 0. The van der Waals surface area contributed by atoms with Gasteiger partial charge in [-0.1, -0.05) is 37.3 Å². The van der Waals surface area contributed by atoms with E-state index in [-0.39, 0.29) is 0 Å². The van der Waals surface area contributed by atoms with Crippen molar-refractivity contribution in [1.82, 2.24) is 0 Å². The lowest BCUT2D eigenvalue weighted by atomic mass is 9.98. The summed E-state index contributed by atoms with van der Waals surface area (Å²) in [7, 11) is 0. The van der Waals surface area contributed by atoms with E-state index in [9.17, 15) is 0 Å². The van der Waals surface area contributed by atoms with Gasteiger partial charge >= 0.3 is 0 Å². The zero-order chi connectivity index (χ0) is 12.8. The highest BCUT2D eigenvalue weighted by molar-refractivity contribution is 5.35. The first-order valence-corrected chi connectivity index (χ1v) is 6.32. The van der Waals surface area contributed by atoms with E-state index in [1.54, 1.807) is 0 Å². The quantitative estimate of drug-likeness (QED) is 0.860. The molecule has 0 fully saturated rings. The van der Waals surface area contributed by atoms with Gasteiger partial charge in [-0.05, 0) is 48.7 Å². The minimum absolute atomic E-state index is 0.467. The lowest BCUT2D eigenvalue weighted by Crippen LogP contribution is -2.04. The Morgan fingerprint density at radius 2 is 1.72 bits per heavy atom. The molecule has 0 aromatic heterocycles. The number of para-hydroxylation sites is 1. The second-order valence-corrected chi connectivity index (χ2v) is 4.47. The lowest BCUT2D eigenvalue weighted by molar-refractivity contribution is 0.481. The van der Waals surface area contributed by atoms with Gasteiger partial charge in [0.1, 0.15) is 11.5 Å². The Balaban J connectivity index is 2.12. The van der Waals surface area contributed by atoms with E-state index in [0.717, 1.165) is 17.9 Å². The monoisotopic (exact) mass is 241 g/mol. The molecular formula is C16H19NO. The third-order valence-corrected chi connectivity index (χ3v) is 3.01. The van der Waals surface area contributed by atoms with Gasteiger partial charge in [0.15, 0.2) is 0 Å². The zero-order valence-electron chi connectivity index (χ0n) is 10.7. The van der Waals surface area contributed by atoms with Crippen LogP contribution in [0.1, 0.15) is 24.8 Å². The first-order chi connectivity index (χ1) is 8.79. The van der Waals surface area contributed by atoms with Crippen LogP contribution < -0.4 is 10.5 Å². The SMILES string of the molecule is CC(CCN)c1cccc(Oc2ccccc2)c1. The molecule has 0 spiro atoms. The second kappa shape index (κ2) is 6.22. The maximum absolute atomic E-state index is 5.82. The molecule has 0 saturated carbocycles. The van der Waals surface area contributed by atoms with Crippen LogP contribution in [0.4, 0.5) is 0 Å². The molecule has 0 amide bonds. The summed E-state index contributed by atoms with van der Waals surface area (Å²) in [5.41, 5.74) is 6.87. The van der Waals surface area contributed by atoms with Gasteiger partial charge in [-0.25, -0.2) is 0 Å². The Labute approximate surface area is 108 Å². The minimum Gasteiger partial charge on any atom is -0.457 e. The summed E-state index contributed by atoms with van der Waals surface area (Å²) in [6, 6.07) is 18.0. The summed E-state index contributed by atoms with van der Waals surface area (Å²) >= 11 is 0. The van der Waals surface area contributed by atoms with Crippen LogP contribution in [0.2, 0.25) is 0 Å². The summed E-state index contributed by atoms with van der Waals surface area (Å²) in [5, 5.41) is 0. The molecule has 2 rings (SSSR count). The Morgan fingerprint density at radius 1 is 1.00 bits per heavy atom. The predicted octanol–water partition coefficient (Wildman–Crippen LogP) is 3.93. The van der Waals surface area contributed by atoms with Gasteiger partial charge in [-0.2, -0.15) is 0 Å². The number of hydrogen-bond acceptors (Lipinski definition) is 2. The summed E-state index contributed by atoms with van der Waals surface area (Å²) in [6.45, 7) is 2.90. The standard InChI is InChI=1S/C16H19NO/c1-13(10-11-17)14-6-5-9-16(12-14)18-15-7-3-2-4-8-15/h2-9,12-13H,10-11,17H2,1H3. The molecule has 0 bridgehead atoms. The highest BCUT2D eigenvalue weighted by Gasteiger charge is 2.05. The molecule has 2 aromatic rings. The van der Waals surface area contributed by atoms with Gasteiger partial charge in [-0.15, -0.1) is 0 Å². The number of ether oxygens (including phenoxy) is 1. The van der Waals surface area contributed by atoms with Crippen LogP contribution >= 0.6 is 0 Å². The molecule has 0 saturated heterocycles. The molecule has 2 heteroatoms. The van der Waals surface area contributed by atoms with Gasteiger partial charge in [0.2, 0.25) is 0 Å². The van der Waals surface area contributed by atoms with E-state index < -0.39 is 0 Å². The topological polar surface area (TPSA) is 35.2 Å². The molecule has 0 aliphatic rings. The smallest absolute Gasteiger partial charge is 0.127 e. The van der Waals surface area contributed by atoms with Crippen molar-refractivity contribution in [2.75, 3.05) is 6.54 Å². The van der Waals surface area contributed by atoms with Gasteiger partial charge in [0.05, 0.1) is 0 Å². The molecule has 0 aliphatic heterocycles. The van der Waals surface area contributed by atoms with Crippen molar-refractivity contribution in [1.29, 1.82) is 0 Å². The molecule has 1 unspecified atom stereocenters. The predicted molar refractivity (Wildman–Crippen MR) is 75.0 cm³/mol. The maximum Gasteiger partial charge on any atom is 0.127 e. The molecule has 0 heterocycles. The van der Waals surface area contributed by atoms with Crippen molar-refractivity contribution in [3.8, 4) is 11.5 Å². The van der Waals surface area contributed by atoms with Crippen LogP contribution in [0.25, 0.3) is 0 Å². The third-order valence-electron chi connectivity index (χ3n) is 3.01. The first kappa shape index (κ1) is 12.7. The number of benzene rings is 2. The molecule has 2 N–H and O–H groups in total. The Hall–Kier alpha value is -1.80. The first-order valence-electron chi connectivity index (χ1n) is 6.32. The molecule has 1 atom stereocenters. The largest absolute Gasteiger partial charge is 0.457 e. The fourth-order valence-corrected chi connectivity index (χ4v) is 1.93. The van der Waals surface area contributed by atoms with E-state index >= 15 is 0 Å². The van der Waals surface area contributed by atoms with Crippen molar-refractivity contribution in [3.05, 3.63) is 60.2 Å². The van der Waals surface area contributed by atoms with Crippen molar-refractivity contribution < 1.29 is 4.74 Å². The third kappa shape index (κ3) is 3.34. The van der Waals surface area contributed by atoms with Crippen LogP contribution in [-0.2, 0) is 0 Å². The van der Waals surface area contributed by atoms with Crippen molar-refractivity contribution >= 4 is 0 Å². The fourth-order valence-electron chi connectivity index (χ4n) is 1.93. The fraction of sp³-hybridized carbons (Fsp3) is 0.250. The van der Waals surface area contributed by atoms with Crippen molar-refractivity contribution in [3.63, 3.8) is 0 Å². The second-order valence-electron chi connectivity index (χ2n) is 4.47. The van der Waals surface area contributed by atoms with Gasteiger partial charge in [0, 0.05) is 0 Å². The van der Waals surface area contributed by atoms with Crippen LogP contribution in [0.15, 0.2) is 54.6 Å². The Kier molecular flexibility index (Phi) is 4.37. The Morgan fingerprint density at radius 3 is 2.44 bits per heavy atom. The zero-order valence-corrected chi connectivity index (χ0v) is 10.7. The molecular weight excluding hydrogens is 222 g/mol. The number of nitrogens with two attached hydrogens (primary N) is 1. The minimum atomic E-state index is 0.467. The molecule has 94 valence electrons. The highest BCUT2D eigenvalue weighted by atomic mass is 16.5. The summed E-state index contributed by atoms with van der Waals surface area (Å²) in [6.07, 6.45) is 0.995.